The summed E-state index contributed by atoms with van der Waals surface area (Å²) < 4.78 is 4.67. The average molecular weight is 367 g/mol. The van der Waals surface area contributed by atoms with Gasteiger partial charge in [-0.3, -0.25) is 9.59 Å². The number of para-hydroxylation sites is 2. The van der Waals surface area contributed by atoms with E-state index in [2.05, 4.69) is 15.4 Å². The van der Waals surface area contributed by atoms with Crippen LogP contribution in [0.15, 0.2) is 48.5 Å². The second kappa shape index (κ2) is 7.90. The number of carbonyl (C=O) groups is 3. The quantitative estimate of drug-likeness (QED) is 0.811. The van der Waals surface area contributed by atoms with Crippen molar-refractivity contribution in [2.45, 2.75) is 19.4 Å². The number of esters is 1. The number of anilines is 3. The molecule has 0 spiro atoms. The lowest BCUT2D eigenvalue weighted by atomic mass is 10.1. The lowest BCUT2D eigenvalue weighted by molar-refractivity contribution is -0.118. The van der Waals surface area contributed by atoms with Crippen LogP contribution in [-0.4, -0.2) is 37.5 Å². The number of methoxy groups -OCH3 is 1. The smallest absolute Gasteiger partial charge is 0.337 e. The largest absolute Gasteiger partial charge is 0.465 e. The highest BCUT2D eigenvalue weighted by atomic mass is 16.5. The van der Waals surface area contributed by atoms with Crippen LogP contribution in [0.2, 0.25) is 0 Å². The van der Waals surface area contributed by atoms with Gasteiger partial charge in [-0.25, -0.2) is 4.79 Å². The van der Waals surface area contributed by atoms with E-state index in [4.69, 9.17) is 0 Å². The van der Waals surface area contributed by atoms with E-state index in [0.717, 1.165) is 0 Å². The van der Waals surface area contributed by atoms with Crippen molar-refractivity contribution in [1.29, 1.82) is 0 Å². The van der Waals surface area contributed by atoms with Crippen molar-refractivity contribution >= 4 is 34.8 Å². The summed E-state index contributed by atoms with van der Waals surface area (Å²) in [4.78, 5) is 38.0. The summed E-state index contributed by atoms with van der Waals surface area (Å²) in [7, 11) is 1.33. The van der Waals surface area contributed by atoms with Crippen molar-refractivity contribution in [1.82, 2.24) is 0 Å². The molecule has 1 heterocycles. The first-order chi connectivity index (χ1) is 13.0. The summed E-state index contributed by atoms with van der Waals surface area (Å²) in [6.45, 7) is 1.91. The molecule has 0 aliphatic carbocycles. The Morgan fingerprint density at radius 3 is 2.59 bits per heavy atom. The lowest BCUT2D eigenvalue weighted by Gasteiger charge is -2.28. The van der Waals surface area contributed by atoms with Crippen LogP contribution in [0.3, 0.4) is 0 Å². The lowest BCUT2D eigenvalue weighted by Crippen LogP contribution is -2.42. The number of nitrogens with zero attached hydrogens (tertiary/aromatic N) is 1. The average Bonchev–Trinajstić information content (AvgIpc) is 2.80. The molecule has 0 fully saturated rings. The summed E-state index contributed by atoms with van der Waals surface area (Å²) in [5.41, 5.74) is 2.46. The van der Waals surface area contributed by atoms with Gasteiger partial charge in [-0.2, -0.15) is 0 Å². The number of rotatable bonds is 4. The van der Waals surface area contributed by atoms with Gasteiger partial charge in [0.15, 0.2) is 0 Å². The molecule has 1 aliphatic heterocycles. The van der Waals surface area contributed by atoms with Gasteiger partial charge in [-0.05, 0) is 43.3 Å². The molecule has 27 heavy (non-hydrogen) atoms. The molecule has 2 aromatic rings. The molecule has 2 aromatic carbocycles. The van der Waals surface area contributed by atoms with E-state index in [1.165, 1.54) is 7.11 Å². The maximum atomic E-state index is 12.9. The molecule has 0 aromatic heterocycles. The van der Waals surface area contributed by atoms with Crippen molar-refractivity contribution < 1.29 is 19.1 Å². The van der Waals surface area contributed by atoms with E-state index in [9.17, 15) is 14.4 Å². The Morgan fingerprint density at radius 2 is 1.89 bits per heavy atom. The number of benzene rings is 2. The van der Waals surface area contributed by atoms with Crippen LogP contribution in [-0.2, 0) is 14.3 Å². The zero-order valence-corrected chi connectivity index (χ0v) is 15.2. The fraction of sp³-hybridized carbons (Fsp3) is 0.250. The highest BCUT2D eigenvalue weighted by Gasteiger charge is 2.29. The number of ether oxygens (including phenoxy) is 1. The standard InChI is InChI=1S/C20H21N3O4/c1-13-11-18(24)22-16-5-3-4-6-17(16)23(13)19(25)12-21-15-9-7-14(8-10-15)20(26)27-2/h3-10,13,21H,11-12H2,1-2H3,(H,22,24). The monoisotopic (exact) mass is 367 g/mol. The van der Waals surface area contributed by atoms with Crippen LogP contribution in [0.5, 0.6) is 0 Å². The fourth-order valence-corrected chi connectivity index (χ4v) is 3.07. The molecule has 0 saturated carbocycles. The second-order valence-corrected chi connectivity index (χ2v) is 6.30. The first kappa shape index (κ1) is 18.4. The summed E-state index contributed by atoms with van der Waals surface area (Å²) in [5, 5.41) is 5.90. The zero-order chi connectivity index (χ0) is 19.4. The molecule has 1 aliphatic rings. The van der Waals surface area contributed by atoms with Gasteiger partial charge < -0.3 is 20.3 Å². The third-order valence-electron chi connectivity index (χ3n) is 4.38. The molecule has 0 radical (unpaired) electrons. The van der Waals surface area contributed by atoms with Gasteiger partial charge in [-0.15, -0.1) is 0 Å². The van der Waals surface area contributed by atoms with E-state index in [1.54, 1.807) is 35.2 Å². The summed E-state index contributed by atoms with van der Waals surface area (Å²) in [5.74, 6) is -0.676. The van der Waals surface area contributed by atoms with Crippen LogP contribution in [0.25, 0.3) is 0 Å². The minimum absolute atomic E-state index is 0.0600. The molecule has 2 amide bonds. The Labute approximate surface area is 157 Å². The first-order valence-electron chi connectivity index (χ1n) is 8.63. The molecule has 140 valence electrons. The van der Waals surface area contributed by atoms with E-state index < -0.39 is 5.97 Å². The predicted octanol–water partition coefficient (Wildman–Crippen LogP) is 2.65. The number of amides is 2. The fourth-order valence-electron chi connectivity index (χ4n) is 3.07. The highest BCUT2D eigenvalue weighted by Crippen LogP contribution is 2.31. The zero-order valence-electron chi connectivity index (χ0n) is 15.2. The van der Waals surface area contributed by atoms with Crippen LogP contribution in [0, 0.1) is 0 Å². The van der Waals surface area contributed by atoms with Crippen molar-refractivity contribution in [2.75, 3.05) is 29.2 Å². The molecule has 0 bridgehead atoms. The molecular weight excluding hydrogens is 346 g/mol. The van der Waals surface area contributed by atoms with Gasteiger partial charge in [0.1, 0.15) is 0 Å². The molecule has 2 N–H and O–H groups in total. The number of carbonyl (C=O) groups excluding carboxylic acids is 3. The molecule has 7 heteroatoms. The molecule has 1 atom stereocenters. The summed E-state index contributed by atoms with van der Waals surface area (Å²) in [6, 6.07) is 13.7. The molecule has 0 saturated heterocycles. The molecule has 3 rings (SSSR count). The van der Waals surface area contributed by atoms with Crippen molar-refractivity contribution in [3.8, 4) is 0 Å². The third kappa shape index (κ3) is 4.08. The molecule has 7 nitrogen and oxygen atoms in total. The van der Waals surface area contributed by atoms with Gasteiger partial charge in [0, 0.05) is 18.2 Å². The number of hydrogen-bond donors (Lipinski definition) is 2. The van der Waals surface area contributed by atoms with E-state index >= 15 is 0 Å². The second-order valence-electron chi connectivity index (χ2n) is 6.30. The van der Waals surface area contributed by atoms with E-state index in [-0.39, 0.29) is 30.8 Å². The summed E-state index contributed by atoms with van der Waals surface area (Å²) >= 11 is 0. The SMILES string of the molecule is COC(=O)c1ccc(NCC(=O)N2c3ccccc3NC(=O)CC2C)cc1. The van der Waals surface area contributed by atoms with E-state index in [1.807, 2.05) is 25.1 Å². The van der Waals surface area contributed by atoms with E-state index in [0.29, 0.717) is 22.6 Å². The Hall–Kier alpha value is -3.35. The minimum atomic E-state index is -0.412. The van der Waals surface area contributed by atoms with Crippen LogP contribution in [0.4, 0.5) is 17.1 Å². The summed E-state index contributed by atoms with van der Waals surface area (Å²) in [6.07, 6.45) is 0.230. The normalized spacial score (nSPS) is 16.0. The van der Waals surface area contributed by atoms with Gasteiger partial charge in [0.05, 0.1) is 30.6 Å². The van der Waals surface area contributed by atoms with Crippen molar-refractivity contribution in [2.24, 2.45) is 0 Å². The van der Waals surface area contributed by atoms with Gasteiger partial charge >= 0.3 is 5.97 Å². The van der Waals surface area contributed by atoms with Crippen molar-refractivity contribution in [3.05, 3.63) is 54.1 Å². The molecule has 1 unspecified atom stereocenters. The van der Waals surface area contributed by atoms with Crippen LogP contribution < -0.4 is 15.5 Å². The Morgan fingerprint density at radius 1 is 1.19 bits per heavy atom. The minimum Gasteiger partial charge on any atom is -0.465 e. The Bertz CT molecular complexity index is 864. The Balaban J connectivity index is 1.73. The van der Waals surface area contributed by atoms with Crippen LogP contribution >= 0.6 is 0 Å². The number of nitrogens with one attached hydrogen (secondary N) is 2. The number of hydrogen-bond acceptors (Lipinski definition) is 5. The molecular formula is C20H21N3O4. The third-order valence-corrected chi connectivity index (χ3v) is 4.38. The number of fused-ring (bicyclic) bond motifs is 1. The van der Waals surface area contributed by atoms with Gasteiger partial charge in [-0.1, -0.05) is 12.1 Å². The predicted molar refractivity (Wildman–Crippen MR) is 103 cm³/mol. The first-order valence-corrected chi connectivity index (χ1v) is 8.63. The van der Waals surface area contributed by atoms with Crippen molar-refractivity contribution in [3.63, 3.8) is 0 Å². The topological polar surface area (TPSA) is 87.7 Å². The van der Waals surface area contributed by atoms with Gasteiger partial charge in [0.25, 0.3) is 0 Å². The highest BCUT2D eigenvalue weighted by molar-refractivity contribution is 6.05. The maximum Gasteiger partial charge on any atom is 0.337 e. The maximum absolute atomic E-state index is 12.9. The Kier molecular flexibility index (Phi) is 5.40. The van der Waals surface area contributed by atoms with Gasteiger partial charge in [0.2, 0.25) is 11.8 Å². The van der Waals surface area contributed by atoms with Crippen LogP contribution in [0.1, 0.15) is 23.7 Å².